The highest BCUT2D eigenvalue weighted by Gasteiger charge is 2.17. The highest BCUT2D eigenvalue weighted by molar-refractivity contribution is 7.22. The summed E-state index contributed by atoms with van der Waals surface area (Å²) in [7, 11) is 0. The second-order valence-corrected chi connectivity index (χ2v) is 8.86. The molecule has 1 fully saturated rings. The molecule has 3 heterocycles. The summed E-state index contributed by atoms with van der Waals surface area (Å²) < 4.78 is 0. The van der Waals surface area contributed by atoms with Crippen LogP contribution < -0.4 is 10.2 Å². The van der Waals surface area contributed by atoms with E-state index in [0.717, 1.165) is 53.9 Å². The maximum Gasteiger partial charge on any atom is 0.267 e. The van der Waals surface area contributed by atoms with Crippen molar-refractivity contribution < 1.29 is 4.79 Å². The van der Waals surface area contributed by atoms with Gasteiger partial charge in [-0.2, -0.15) is 0 Å². The fraction of sp³-hybridized carbons (Fsp3) is 0.333. The van der Waals surface area contributed by atoms with Gasteiger partial charge >= 0.3 is 0 Å². The number of aryl methyl sites for hydroxylation is 1. The largest absolute Gasteiger partial charge is 0.369 e. The van der Waals surface area contributed by atoms with Gasteiger partial charge in [-0.15, -0.1) is 22.7 Å². The van der Waals surface area contributed by atoms with E-state index in [9.17, 15) is 4.79 Å². The van der Waals surface area contributed by atoms with Crippen LogP contribution in [-0.4, -0.2) is 48.5 Å². The number of nitrogens with one attached hydrogen (secondary N) is 1. The summed E-state index contributed by atoms with van der Waals surface area (Å²) in [5.41, 5.74) is 3.16. The Kier molecular flexibility index (Phi) is 5.75. The highest BCUT2D eigenvalue weighted by atomic mass is 32.1. The van der Waals surface area contributed by atoms with Gasteiger partial charge in [-0.3, -0.25) is 4.79 Å². The van der Waals surface area contributed by atoms with Crippen molar-refractivity contribution in [1.82, 2.24) is 9.88 Å². The van der Waals surface area contributed by atoms with E-state index in [1.54, 1.807) is 17.5 Å². The quantitative estimate of drug-likeness (QED) is 0.667. The summed E-state index contributed by atoms with van der Waals surface area (Å²) >= 11 is 3.06. The van der Waals surface area contributed by atoms with Gasteiger partial charge in [0, 0.05) is 37.6 Å². The Hall–Kier alpha value is -2.22. The first-order valence-electron chi connectivity index (χ1n) is 9.53. The number of rotatable bonds is 5. The molecule has 2 aromatic heterocycles. The monoisotopic (exact) mass is 412 g/mol. The summed E-state index contributed by atoms with van der Waals surface area (Å²) in [5, 5.41) is 5.94. The minimum Gasteiger partial charge on any atom is -0.369 e. The zero-order valence-corrected chi connectivity index (χ0v) is 17.8. The lowest BCUT2D eigenvalue weighted by atomic mass is 10.1. The molecule has 1 aliphatic rings. The number of hydrogen-bond acceptors (Lipinski definition) is 6. The number of likely N-dealkylation sites (N-methyl/N-ethyl adjacent to an activating group) is 1. The average Bonchev–Trinajstić information content (AvgIpc) is 3.41. The van der Waals surface area contributed by atoms with Crippen molar-refractivity contribution in [2.75, 3.05) is 42.9 Å². The van der Waals surface area contributed by atoms with Crippen molar-refractivity contribution in [1.29, 1.82) is 0 Å². The number of anilines is 2. The molecule has 7 heteroatoms. The first kappa shape index (κ1) is 19.1. The van der Waals surface area contributed by atoms with E-state index in [1.165, 1.54) is 17.0 Å². The molecule has 0 aliphatic carbocycles. The topological polar surface area (TPSA) is 48.5 Å². The van der Waals surface area contributed by atoms with Crippen molar-refractivity contribution in [3.63, 3.8) is 0 Å². The molecule has 0 spiro atoms. The number of carbonyl (C=O) groups excluding carboxylic acids is 1. The molecule has 4 rings (SSSR count). The molecule has 1 N–H and O–H groups in total. The third kappa shape index (κ3) is 4.11. The summed E-state index contributed by atoms with van der Waals surface area (Å²) in [6, 6.07) is 10.3. The number of thiophene rings is 1. The third-order valence-electron chi connectivity index (χ3n) is 5.10. The molecule has 5 nitrogen and oxygen atoms in total. The van der Waals surface area contributed by atoms with E-state index in [2.05, 4.69) is 39.2 Å². The minimum atomic E-state index is -0.104. The molecule has 0 radical (unpaired) electrons. The predicted octanol–water partition coefficient (Wildman–Crippen LogP) is 4.57. The van der Waals surface area contributed by atoms with Crippen LogP contribution in [0, 0.1) is 6.92 Å². The summed E-state index contributed by atoms with van der Waals surface area (Å²) in [6.07, 6.45) is 1.66. The minimum absolute atomic E-state index is 0.104. The summed E-state index contributed by atoms with van der Waals surface area (Å²) in [4.78, 5) is 23.6. The molecule has 1 saturated heterocycles. The number of carbonyl (C=O) groups is 1. The van der Waals surface area contributed by atoms with E-state index in [0.29, 0.717) is 4.88 Å². The molecule has 0 unspecified atom stereocenters. The van der Waals surface area contributed by atoms with Gasteiger partial charge < -0.3 is 15.1 Å². The lowest BCUT2D eigenvalue weighted by molar-refractivity contribution is 0.103. The van der Waals surface area contributed by atoms with Crippen LogP contribution in [0.15, 0.2) is 41.9 Å². The SMILES string of the molecule is CCN1CCN(c2ccc(NC(=O)c3cnc(-c4cccs4)s3)c(C)c2)CC1. The molecule has 1 aromatic carbocycles. The van der Waals surface area contributed by atoms with Crippen LogP contribution in [0.25, 0.3) is 9.88 Å². The van der Waals surface area contributed by atoms with Gasteiger partial charge in [0.25, 0.3) is 5.91 Å². The highest BCUT2D eigenvalue weighted by Crippen LogP contribution is 2.30. The Balaban J connectivity index is 1.43. The van der Waals surface area contributed by atoms with Crippen LogP contribution in [-0.2, 0) is 0 Å². The van der Waals surface area contributed by atoms with E-state index < -0.39 is 0 Å². The smallest absolute Gasteiger partial charge is 0.267 e. The first-order valence-corrected chi connectivity index (χ1v) is 11.2. The summed E-state index contributed by atoms with van der Waals surface area (Å²) in [5.74, 6) is -0.104. The zero-order chi connectivity index (χ0) is 19.5. The van der Waals surface area contributed by atoms with Crippen LogP contribution in [0.3, 0.4) is 0 Å². The second-order valence-electron chi connectivity index (χ2n) is 6.88. The van der Waals surface area contributed by atoms with Gasteiger partial charge in [0.05, 0.1) is 11.1 Å². The van der Waals surface area contributed by atoms with Gasteiger partial charge in [0.2, 0.25) is 0 Å². The van der Waals surface area contributed by atoms with Crippen LogP contribution in [0.1, 0.15) is 22.2 Å². The lowest BCUT2D eigenvalue weighted by Crippen LogP contribution is -2.46. The Morgan fingerprint density at radius 1 is 1.21 bits per heavy atom. The van der Waals surface area contributed by atoms with Gasteiger partial charge in [0.1, 0.15) is 9.88 Å². The van der Waals surface area contributed by atoms with Crippen molar-refractivity contribution in [3.8, 4) is 9.88 Å². The third-order valence-corrected chi connectivity index (χ3v) is 7.14. The Labute approximate surface area is 173 Å². The number of benzene rings is 1. The normalized spacial score (nSPS) is 15.0. The molecule has 0 atom stereocenters. The fourth-order valence-electron chi connectivity index (χ4n) is 3.38. The van der Waals surface area contributed by atoms with Gasteiger partial charge in [-0.05, 0) is 48.7 Å². The molecule has 1 amide bonds. The van der Waals surface area contributed by atoms with E-state index in [-0.39, 0.29) is 5.91 Å². The number of piperazine rings is 1. The van der Waals surface area contributed by atoms with E-state index >= 15 is 0 Å². The number of aromatic nitrogens is 1. The van der Waals surface area contributed by atoms with Gasteiger partial charge in [-0.1, -0.05) is 13.0 Å². The second kappa shape index (κ2) is 8.43. The Morgan fingerprint density at radius 2 is 2.04 bits per heavy atom. The standard InChI is InChI=1S/C21H24N4OS2/c1-3-24-8-10-25(11-9-24)16-6-7-17(15(2)13-16)23-20(26)19-14-22-21(28-19)18-5-4-12-27-18/h4-7,12-14H,3,8-11H2,1-2H3,(H,23,26). The van der Waals surface area contributed by atoms with Crippen LogP contribution >= 0.6 is 22.7 Å². The van der Waals surface area contributed by atoms with Gasteiger partial charge in [0.15, 0.2) is 0 Å². The number of nitrogens with zero attached hydrogens (tertiary/aromatic N) is 3. The predicted molar refractivity (Wildman–Crippen MR) is 119 cm³/mol. The molecule has 3 aromatic rings. The Bertz CT molecular complexity index is 943. The number of thiazole rings is 1. The Morgan fingerprint density at radius 3 is 2.71 bits per heavy atom. The molecule has 1 aliphatic heterocycles. The zero-order valence-electron chi connectivity index (χ0n) is 16.1. The maximum absolute atomic E-state index is 12.7. The van der Waals surface area contributed by atoms with Crippen molar-refractivity contribution in [2.24, 2.45) is 0 Å². The van der Waals surface area contributed by atoms with E-state index in [1.807, 2.05) is 30.5 Å². The average molecular weight is 413 g/mol. The summed E-state index contributed by atoms with van der Waals surface area (Å²) in [6.45, 7) is 9.67. The van der Waals surface area contributed by atoms with Crippen molar-refractivity contribution in [3.05, 3.63) is 52.3 Å². The number of amides is 1. The molecule has 0 bridgehead atoms. The maximum atomic E-state index is 12.7. The van der Waals surface area contributed by atoms with Crippen LogP contribution in [0.4, 0.5) is 11.4 Å². The van der Waals surface area contributed by atoms with E-state index in [4.69, 9.17) is 0 Å². The van der Waals surface area contributed by atoms with Gasteiger partial charge in [-0.25, -0.2) is 4.98 Å². The fourth-order valence-corrected chi connectivity index (χ4v) is 5.00. The molecule has 146 valence electrons. The first-order chi connectivity index (χ1) is 13.6. The van der Waals surface area contributed by atoms with Crippen molar-refractivity contribution in [2.45, 2.75) is 13.8 Å². The van der Waals surface area contributed by atoms with Crippen LogP contribution in [0.2, 0.25) is 0 Å². The lowest BCUT2D eigenvalue weighted by Gasteiger charge is -2.35. The van der Waals surface area contributed by atoms with Crippen LogP contribution in [0.5, 0.6) is 0 Å². The molecule has 0 saturated carbocycles. The molecular formula is C21H24N4OS2. The van der Waals surface area contributed by atoms with Crippen molar-refractivity contribution >= 4 is 40.0 Å². The molecule has 28 heavy (non-hydrogen) atoms. The molecular weight excluding hydrogens is 388 g/mol. The number of hydrogen-bond donors (Lipinski definition) is 1.